The van der Waals surface area contributed by atoms with Crippen molar-refractivity contribution in [2.75, 3.05) is 59.5 Å². The summed E-state index contributed by atoms with van der Waals surface area (Å²) in [4.78, 5) is 28.7. The maximum Gasteiger partial charge on any atom is 0.407 e. The predicted molar refractivity (Wildman–Crippen MR) is 94.8 cm³/mol. The third-order valence-corrected chi connectivity index (χ3v) is 4.42. The summed E-state index contributed by atoms with van der Waals surface area (Å²) in [7, 11) is 1.61. The van der Waals surface area contributed by atoms with E-state index in [1.54, 1.807) is 7.05 Å². The van der Waals surface area contributed by atoms with Crippen LogP contribution in [0.2, 0.25) is 0 Å². The SMILES string of the molecule is CN(CCN(CCCN1CCOCC1)C(=O)O)C(=O)c1ccc(F)cc1. The Kier molecular flexibility index (Phi) is 7.80. The maximum atomic E-state index is 12.9. The molecule has 0 spiro atoms. The maximum absolute atomic E-state index is 12.9. The van der Waals surface area contributed by atoms with Gasteiger partial charge in [-0.15, -0.1) is 0 Å². The van der Waals surface area contributed by atoms with Crippen molar-refractivity contribution in [1.82, 2.24) is 14.7 Å². The van der Waals surface area contributed by atoms with Crippen LogP contribution in [0, 0.1) is 5.82 Å². The quantitative estimate of drug-likeness (QED) is 0.756. The van der Waals surface area contributed by atoms with Gasteiger partial charge >= 0.3 is 6.09 Å². The summed E-state index contributed by atoms with van der Waals surface area (Å²) < 4.78 is 18.2. The van der Waals surface area contributed by atoms with Crippen LogP contribution in [-0.2, 0) is 4.74 Å². The highest BCUT2D eigenvalue weighted by atomic mass is 19.1. The van der Waals surface area contributed by atoms with Crippen LogP contribution in [0.3, 0.4) is 0 Å². The smallest absolute Gasteiger partial charge is 0.407 e. The van der Waals surface area contributed by atoms with Crippen LogP contribution in [0.5, 0.6) is 0 Å². The third kappa shape index (κ3) is 6.27. The van der Waals surface area contributed by atoms with Crippen molar-refractivity contribution >= 4 is 12.0 Å². The lowest BCUT2D eigenvalue weighted by Crippen LogP contribution is -2.41. The Labute approximate surface area is 152 Å². The first kappa shape index (κ1) is 20.1. The normalized spacial score (nSPS) is 14.8. The molecular formula is C18H26FN3O4. The molecule has 1 aliphatic heterocycles. The zero-order chi connectivity index (χ0) is 18.9. The van der Waals surface area contributed by atoms with E-state index in [1.807, 2.05) is 0 Å². The summed E-state index contributed by atoms with van der Waals surface area (Å²) in [6.45, 7) is 4.96. The number of amides is 2. The van der Waals surface area contributed by atoms with Crippen molar-refractivity contribution in [2.24, 2.45) is 0 Å². The second-order valence-electron chi connectivity index (χ2n) is 6.31. The number of hydrogen-bond acceptors (Lipinski definition) is 4. The van der Waals surface area contributed by atoms with Crippen molar-refractivity contribution < 1.29 is 23.8 Å². The topological polar surface area (TPSA) is 73.3 Å². The molecule has 1 aliphatic rings. The van der Waals surface area contributed by atoms with E-state index in [9.17, 15) is 19.1 Å². The average Bonchev–Trinajstić information content (AvgIpc) is 2.64. The second-order valence-corrected chi connectivity index (χ2v) is 6.31. The number of morpholine rings is 1. The minimum atomic E-state index is -0.991. The minimum Gasteiger partial charge on any atom is -0.465 e. The van der Waals surface area contributed by atoms with Crippen LogP contribution in [0.4, 0.5) is 9.18 Å². The van der Waals surface area contributed by atoms with Crippen LogP contribution in [0.1, 0.15) is 16.8 Å². The Morgan fingerprint density at radius 1 is 1.15 bits per heavy atom. The fourth-order valence-electron chi connectivity index (χ4n) is 2.80. The van der Waals surface area contributed by atoms with Crippen molar-refractivity contribution in [2.45, 2.75) is 6.42 Å². The van der Waals surface area contributed by atoms with Crippen LogP contribution >= 0.6 is 0 Å². The lowest BCUT2D eigenvalue weighted by molar-refractivity contribution is 0.0360. The molecule has 144 valence electrons. The molecule has 0 aliphatic carbocycles. The molecule has 1 heterocycles. The molecule has 0 aromatic heterocycles. The molecule has 1 fully saturated rings. The molecule has 0 radical (unpaired) electrons. The average molecular weight is 367 g/mol. The molecule has 2 rings (SSSR count). The molecule has 8 heteroatoms. The van der Waals surface area contributed by atoms with Gasteiger partial charge in [-0.05, 0) is 30.7 Å². The summed E-state index contributed by atoms with van der Waals surface area (Å²) in [6, 6.07) is 5.31. The predicted octanol–water partition coefficient (Wildman–Crippen LogP) is 1.60. The van der Waals surface area contributed by atoms with Crippen molar-refractivity contribution in [3.05, 3.63) is 35.6 Å². The number of halogens is 1. The van der Waals surface area contributed by atoms with Gasteiger partial charge in [0.05, 0.1) is 13.2 Å². The number of nitrogens with zero attached hydrogens (tertiary/aromatic N) is 3. The molecule has 0 atom stereocenters. The Balaban J connectivity index is 1.76. The second kappa shape index (κ2) is 10.1. The van der Waals surface area contributed by atoms with Crippen LogP contribution in [0.15, 0.2) is 24.3 Å². The molecule has 0 unspecified atom stereocenters. The largest absolute Gasteiger partial charge is 0.465 e. The van der Waals surface area contributed by atoms with Gasteiger partial charge < -0.3 is 19.6 Å². The van der Waals surface area contributed by atoms with Gasteiger partial charge in [-0.2, -0.15) is 0 Å². The Bertz CT molecular complexity index is 591. The first-order valence-corrected chi connectivity index (χ1v) is 8.76. The zero-order valence-electron chi connectivity index (χ0n) is 15.1. The number of hydrogen-bond donors (Lipinski definition) is 1. The molecule has 7 nitrogen and oxygen atoms in total. The van der Waals surface area contributed by atoms with Gasteiger partial charge in [0.15, 0.2) is 0 Å². The molecule has 1 N–H and O–H groups in total. The van der Waals surface area contributed by atoms with Crippen LogP contribution < -0.4 is 0 Å². The Morgan fingerprint density at radius 2 is 1.81 bits per heavy atom. The van der Waals surface area contributed by atoms with E-state index in [0.29, 0.717) is 12.1 Å². The van der Waals surface area contributed by atoms with Gasteiger partial charge in [0.1, 0.15) is 5.82 Å². The molecule has 2 amide bonds. The number of ether oxygens (including phenoxy) is 1. The number of benzene rings is 1. The summed E-state index contributed by atoms with van der Waals surface area (Å²) in [5.41, 5.74) is 0.378. The van der Waals surface area contributed by atoms with Gasteiger partial charge in [-0.1, -0.05) is 0 Å². The van der Waals surface area contributed by atoms with Gasteiger partial charge in [-0.3, -0.25) is 9.69 Å². The van der Waals surface area contributed by atoms with Crippen LogP contribution in [-0.4, -0.2) is 91.3 Å². The lowest BCUT2D eigenvalue weighted by Gasteiger charge is -2.28. The number of carbonyl (C=O) groups is 2. The lowest BCUT2D eigenvalue weighted by atomic mass is 10.2. The number of rotatable bonds is 8. The highest BCUT2D eigenvalue weighted by Gasteiger charge is 2.17. The zero-order valence-corrected chi connectivity index (χ0v) is 15.1. The first-order valence-electron chi connectivity index (χ1n) is 8.76. The highest BCUT2D eigenvalue weighted by Crippen LogP contribution is 2.06. The fourth-order valence-corrected chi connectivity index (χ4v) is 2.80. The van der Waals surface area contributed by atoms with E-state index in [4.69, 9.17) is 4.74 Å². The molecular weight excluding hydrogens is 341 g/mol. The van der Waals surface area contributed by atoms with Gasteiger partial charge in [-0.25, -0.2) is 9.18 Å². The van der Waals surface area contributed by atoms with E-state index in [1.165, 1.54) is 34.1 Å². The summed E-state index contributed by atoms with van der Waals surface area (Å²) in [5.74, 6) is -0.662. The van der Waals surface area contributed by atoms with E-state index >= 15 is 0 Å². The van der Waals surface area contributed by atoms with Crippen molar-refractivity contribution in [3.63, 3.8) is 0 Å². The van der Waals surface area contributed by atoms with Gasteiger partial charge in [0, 0.05) is 51.9 Å². The molecule has 0 saturated carbocycles. The minimum absolute atomic E-state index is 0.238. The monoisotopic (exact) mass is 367 g/mol. The number of carbonyl (C=O) groups excluding carboxylic acids is 1. The van der Waals surface area contributed by atoms with Crippen LogP contribution in [0.25, 0.3) is 0 Å². The Morgan fingerprint density at radius 3 is 2.42 bits per heavy atom. The van der Waals surface area contributed by atoms with Crippen molar-refractivity contribution in [1.29, 1.82) is 0 Å². The van der Waals surface area contributed by atoms with Gasteiger partial charge in [0.2, 0.25) is 0 Å². The van der Waals surface area contributed by atoms with Crippen molar-refractivity contribution in [3.8, 4) is 0 Å². The number of likely N-dealkylation sites (N-methyl/N-ethyl adjacent to an activating group) is 1. The number of carboxylic acid groups (broad SMARTS) is 1. The summed E-state index contributed by atoms with van der Waals surface area (Å²) >= 11 is 0. The first-order chi connectivity index (χ1) is 12.5. The Hall–Kier alpha value is -2.19. The summed E-state index contributed by atoms with van der Waals surface area (Å²) in [6.07, 6.45) is -0.253. The van der Waals surface area contributed by atoms with E-state index < -0.39 is 11.9 Å². The van der Waals surface area contributed by atoms with E-state index in [0.717, 1.165) is 39.3 Å². The van der Waals surface area contributed by atoms with E-state index in [-0.39, 0.29) is 19.0 Å². The fraction of sp³-hybridized carbons (Fsp3) is 0.556. The van der Waals surface area contributed by atoms with E-state index in [2.05, 4.69) is 4.90 Å². The highest BCUT2D eigenvalue weighted by molar-refractivity contribution is 5.94. The third-order valence-electron chi connectivity index (χ3n) is 4.42. The molecule has 1 aromatic rings. The van der Waals surface area contributed by atoms with Gasteiger partial charge in [0.25, 0.3) is 5.91 Å². The molecule has 0 bridgehead atoms. The molecule has 1 aromatic carbocycles. The molecule has 1 saturated heterocycles. The standard InChI is InChI=1S/C18H26FN3O4/c1-20(17(23)15-3-5-16(19)6-4-15)9-10-22(18(24)25)8-2-7-21-11-13-26-14-12-21/h3-6H,2,7-14H2,1H3,(H,24,25). The summed E-state index contributed by atoms with van der Waals surface area (Å²) in [5, 5.41) is 9.36. The molecule has 26 heavy (non-hydrogen) atoms.